The zero-order chi connectivity index (χ0) is 14.4. The first-order valence-corrected chi connectivity index (χ1v) is 5.80. The van der Waals surface area contributed by atoms with Gasteiger partial charge in [0.25, 0.3) is 5.91 Å². The minimum atomic E-state index is -1.09. The Morgan fingerprint density at radius 1 is 1.32 bits per heavy atom. The summed E-state index contributed by atoms with van der Waals surface area (Å²) >= 11 is 5.71. The lowest BCUT2D eigenvalue weighted by molar-refractivity contribution is -0.153. The normalized spacial score (nSPS) is 11.5. The highest BCUT2D eigenvalue weighted by Gasteiger charge is 2.18. The summed E-state index contributed by atoms with van der Waals surface area (Å²) in [5, 5.41) is 2.39. The number of imide groups is 1. The van der Waals surface area contributed by atoms with Gasteiger partial charge in [0.15, 0.2) is 6.10 Å². The summed E-state index contributed by atoms with van der Waals surface area (Å²) in [6, 6.07) is 5.65. The summed E-state index contributed by atoms with van der Waals surface area (Å²) in [4.78, 5) is 33.3. The fraction of sp³-hybridized carbons (Fsp3) is 0.250. The first-order chi connectivity index (χ1) is 8.88. The zero-order valence-electron chi connectivity index (χ0n) is 10.2. The number of rotatable bonds is 4. The monoisotopic (exact) mass is 284 g/mol. The van der Waals surface area contributed by atoms with Crippen molar-refractivity contribution in [3.63, 3.8) is 0 Å². The van der Waals surface area contributed by atoms with Crippen molar-refractivity contribution in [1.82, 2.24) is 5.32 Å². The Labute approximate surface area is 114 Å². The van der Waals surface area contributed by atoms with E-state index in [1.54, 1.807) is 24.3 Å². The van der Waals surface area contributed by atoms with Crippen LogP contribution in [-0.2, 0) is 20.7 Å². The van der Waals surface area contributed by atoms with Crippen LogP contribution in [-0.4, -0.2) is 24.0 Å². The number of benzene rings is 1. The average molecular weight is 285 g/mol. The van der Waals surface area contributed by atoms with Gasteiger partial charge in [-0.2, -0.15) is 0 Å². The van der Waals surface area contributed by atoms with Gasteiger partial charge in [-0.25, -0.2) is 4.79 Å². The van der Waals surface area contributed by atoms with E-state index in [4.69, 9.17) is 22.1 Å². The third kappa shape index (κ3) is 5.39. The molecule has 0 heterocycles. The van der Waals surface area contributed by atoms with E-state index in [-0.39, 0.29) is 6.42 Å². The molecule has 0 radical (unpaired) electrons. The lowest BCUT2D eigenvalue weighted by atomic mass is 10.1. The molecule has 1 aromatic carbocycles. The molecule has 0 aliphatic rings. The third-order valence-electron chi connectivity index (χ3n) is 2.19. The second-order valence-corrected chi connectivity index (χ2v) is 4.23. The molecule has 7 heteroatoms. The predicted molar refractivity (Wildman–Crippen MR) is 68.4 cm³/mol. The molecule has 1 rings (SSSR count). The summed E-state index contributed by atoms with van der Waals surface area (Å²) in [6.07, 6.45) is -1.09. The maximum absolute atomic E-state index is 11.5. The highest BCUT2D eigenvalue weighted by molar-refractivity contribution is 6.30. The smallest absolute Gasteiger partial charge is 0.318 e. The minimum Gasteiger partial charge on any atom is -0.452 e. The molecule has 0 bridgehead atoms. The van der Waals surface area contributed by atoms with Gasteiger partial charge in [-0.05, 0) is 24.6 Å². The Morgan fingerprint density at radius 3 is 2.42 bits per heavy atom. The lowest BCUT2D eigenvalue weighted by Gasteiger charge is -2.11. The van der Waals surface area contributed by atoms with E-state index in [0.717, 1.165) is 0 Å². The van der Waals surface area contributed by atoms with E-state index in [1.807, 2.05) is 5.32 Å². The van der Waals surface area contributed by atoms with E-state index in [2.05, 4.69) is 0 Å². The van der Waals surface area contributed by atoms with Gasteiger partial charge in [0.2, 0.25) is 0 Å². The van der Waals surface area contributed by atoms with Gasteiger partial charge >= 0.3 is 12.0 Å². The van der Waals surface area contributed by atoms with Crippen LogP contribution in [0.4, 0.5) is 4.79 Å². The van der Waals surface area contributed by atoms with Crippen LogP contribution in [0, 0.1) is 0 Å². The Morgan fingerprint density at radius 2 is 1.89 bits per heavy atom. The van der Waals surface area contributed by atoms with E-state index < -0.39 is 24.0 Å². The zero-order valence-corrected chi connectivity index (χ0v) is 10.9. The van der Waals surface area contributed by atoms with Crippen LogP contribution >= 0.6 is 11.6 Å². The number of carbonyl (C=O) groups excluding carboxylic acids is 3. The molecule has 0 aromatic heterocycles. The number of carbonyl (C=O) groups is 3. The molecule has 102 valence electrons. The van der Waals surface area contributed by atoms with Crippen LogP contribution in [0.2, 0.25) is 5.02 Å². The molecule has 0 unspecified atom stereocenters. The van der Waals surface area contributed by atoms with Crippen molar-refractivity contribution in [2.24, 2.45) is 5.73 Å². The van der Waals surface area contributed by atoms with Crippen LogP contribution in [0.25, 0.3) is 0 Å². The number of urea groups is 1. The quantitative estimate of drug-likeness (QED) is 0.806. The van der Waals surface area contributed by atoms with Crippen molar-refractivity contribution in [2.75, 3.05) is 0 Å². The average Bonchev–Trinajstić information content (AvgIpc) is 2.31. The van der Waals surface area contributed by atoms with Gasteiger partial charge in [-0.3, -0.25) is 14.9 Å². The molecule has 0 aliphatic carbocycles. The second kappa shape index (κ2) is 6.75. The molecule has 6 nitrogen and oxygen atoms in total. The Kier molecular flexibility index (Phi) is 5.32. The number of nitrogens with one attached hydrogen (secondary N) is 1. The van der Waals surface area contributed by atoms with Gasteiger partial charge in [-0.15, -0.1) is 0 Å². The van der Waals surface area contributed by atoms with E-state index >= 15 is 0 Å². The Balaban J connectivity index is 2.48. The molecule has 3 amide bonds. The summed E-state index contributed by atoms with van der Waals surface area (Å²) < 4.78 is 4.86. The van der Waals surface area contributed by atoms with Crippen molar-refractivity contribution in [2.45, 2.75) is 19.4 Å². The molecule has 0 saturated carbocycles. The van der Waals surface area contributed by atoms with E-state index in [1.165, 1.54) is 6.92 Å². The number of hydrogen-bond donors (Lipinski definition) is 2. The van der Waals surface area contributed by atoms with Gasteiger partial charge < -0.3 is 10.5 Å². The molecule has 1 aromatic rings. The predicted octanol–water partition coefficient (Wildman–Crippen LogP) is 1.01. The summed E-state index contributed by atoms with van der Waals surface area (Å²) in [5.74, 6) is -1.36. The summed E-state index contributed by atoms with van der Waals surface area (Å²) in [7, 11) is 0. The van der Waals surface area contributed by atoms with Crippen molar-refractivity contribution < 1.29 is 19.1 Å². The Hall–Kier alpha value is -2.08. The molecule has 1 atom stereocenters. The number of halogens is 1. The summed E-state index contributed by atoms with van der Waals surface area (Å²) in [5.41, 5.74) is 5.48. The van der Waals surface area contributed by atoms with Crippen LogP contribution in [0.1, 0.15) is 12.5 Å². The number of nitrogens with two attached hydrogens (primary N) is 1. The van der Waals surface area contributed by atoms with Crippen LogP contribution < -0.4 is 11.1 Å². The van der Waals surface area contributed by atoms with Gasteiger partial charge in [0, 0.05) is 5.02 Å². The highest BCUT2D eigenvalue weighted by Crippen LogP contribution is 2.10. The first-order valence-electron chi connectivity index (χ1n) is 5.42. The number of primary amides is 1. The topological polar surface area (TPSA) is 98.5 Å². The van der Waals surface area contributed by atoms with Crippen LogP contribution in [0.3, 0.4) is 0 Å². The van der Waals surface area contributed by atoms with Gasteiger partial charge in [-0.1, -0.05) is 23.7 Å². The number of amides is 3. The molecule has 0 fully saturated rings. The van der Waals surface area contributed by atoms with Crippen molar-refractivity contribution in [3.05, 3.63) is 34.9 Å². The maximum atomic E-state index is 11.5. The molecule has 0 saturated heterocycles. The van der Waals surface area contributed by atoms with E-state index in [9.17, 15) is 14.4 Å². The van der Waals surface area contributed by atoms with Gasteiger partial charge in [0.1, 0.15) is 0 Å². The maximum Gasteiger partial charge on any atom is 0.318 e. The van der Waals surface area contributed by atoms with Crippen molar-refractivity contribution >= 4 is 29.5 Å². The van der Waals surface area contributed by atoms with Crippen LogP contribution in [0.15, 0.2) is 24.3 Å². The fourth-order valence-corrected chi connectivity index (χ4v) is 1.41. The van der Waals surface area contributed by atoms with Crippen LogP contribution in [0.5, 0.6) is 0 Å². The molecule has 0 aliphatic heterocycles. The molecule has 0 spiro atoms. The molecule has 19 heavy (non-hydrogen) atoms. The van der Waals surface area contributed by atoms with Gasteiger partial charge in [0.05, 0.1) is 6.42 Å². The Bertz CT molecular complexity index is 487. The number of ether oxygens (including phenoxy) is 1. The first kappa shape index (κ1) is 15.0. The molecule has 3 N–H and O–H groups in total. The standard InChI is InChI=1S/C12H13ClN2O4/c1-7(11(17)15-12(14)18)19-10(16)6-8-2-4-9(13)5-3-8/h2-5,7H,6H2,1H3,(H3,14,15,17,18)/t7-/m0/s1. The summed E-state index contributed by atoms with van der Waals surface area (Å²) in [6.45, 7) is 1.35. The number of hydrogen-bond acceptors (Lipinski definition) is 4. The number of esters is 1. The fourth-order valence-electron chi connectivity index (χ4n) is 1.28. The molecular weight excluding hydrogens is 272 g/mol. The van der Waals surface area contributed by atoms with Crippen molar-refractivity contribution in [3.8, 4) is 0 Å². The lowest BCUT2D eigenvalue weighted by Crippen LogP contribution is -2.42. The minimum absolute atomic E-state index is 0.00532. The third-order valence-corrected chi connectivity index (χ3v) is 2.44. The van der Waals surface area contributed by atoms with Crippen molar-refractivity contribution in [1.29, 1.82) is 0 Å². The highest BCUT2D eigenvalue weighted by atomic mass is 35.5. The SMILES string of the molecule is C[C@H](OC(=O)Cc1ccc(Cl)cc1)C(=O)NC(N)=O. The second-order valence-electron chi connectivity index (χ2n) is 3.79. The molecular formula is C12H13ClN2O4. The van der Waals surface area contributed by atoms with E-state index in [0.29, 0.717) is 10.6 Å². The largest absolute Gasteiger partial charge is 0.452 e.